The number of aliphatic carboxylic acids is 1. The van der Waals surface area contributed by atoms with Crippen LogP contribution in [0.3, 0.4) is 0 Å². The predicted octanol–water partition coefficient (Wildman–Crippen LogP) is -11.4. The van der Waals surface area contributed by atoms with Crippen LogP contribution < -0.4 is 10.6 Å². The number of nitrogens with one attached hydrogen (secondary N) is 2. The quantitative estimate of drug-likeness (QED) is 0.0643. The molecule has 0 spiro atoms. The fraction of sp³-hybridized carbons (Fsp3) is 0.919. The van der Waals surface area contributed by atoms with Gasteiger partial charge >= 0.3 is 5.97 Å². The van der Waals surface area contributed by atoms with Crippen LogP contribution in [0.1, 0.15) is 27.2 Å². The first-order chi connectivity index (χ1) is 31.4. The van der Waals surface area contributed by atoms with Gasteiger partial charge in [-0.3, -0.25) is 9.59 Å². The zero-order valence-electron chi connectivity index (χ0n) is 36.0. The number of carboxylic acid groups (broad SMARTS) is 1. The van der Waals surface area contributed by atoms with E-state index in [2.05, 4.69) is 10.6 Å². The minimum atomic E-state index is -3.22. The molecule has 0 aromatic carbocycles. The van der Waals surface area contributed by atoms with Crippen LogP contribution in [0, 0.1) is 0 Å². The molecule has 0 aromatic rings. The Bertz CT molecular complexity index is 1640. The lowest BCUT2D eigenvalue weighted by Crippen LogP contribution is -2.72. The first-order valence-electron chi connectivity index (χ1n) is 21.1. The fourth-order valence-corrected chi connectivity index (χ4v) is 8.47. The van der Waals surface area contributed by atoms with E-state index >= 15 is 0 Å². The molecule has 26 atom stereocenters. The van der Waals surface area contributed by atoms with Gasteiger partial charge in [0, 0.05) is 20.3 Å². The number of carbonyl (C=O) groups excluding carboxylic acids is 2. The van der Waals surface area contributed by atoms with Crippen molar-refractivity contribution in [3.05, 3.63) is 0 Å². The van der Waals surface area contributed by atoms with Gasteiger partial charge in [0.15, 0.2) is 25.2 Å². The van der Waals surface area contributed by atoms with Gasteiger partial charge in [-0.15, -0.1) is 0 Å². The van der Waals surface area contributed by atoms with Gasteiger partial charge in [-0.05, 0) is 6.92 Å². The number of carbonyl (C=O) groups is 3. The minimum absolute atomic E-state index is 0.822. The number of rotatable bonds is 17. The van der Waals surface area contributed by atoms with E-state index in [1.165, 1.54) is 6.92 Å². The van der Waals surface area contributed by atoms with Crippen LogP contribution >= 0.6 is 0 Å². The second-order valence-corrected chi connectivity index (χ2v) is 16.8. The monoisotopic (exact) mass is 982 g/mol. The lowest BCUT2D eigenvalue weighted by molar-refractivity contribution is -0.395. The summed E-state index contributed by atoms with van der Waals surface area (Å²) < 4.78 is 51.7. The average molecular weight is 983 g/mol. The van der Waals surface area contributed by atoms with E-state index < -0.39 is 210 Å². The molecule has 5 saturated heterocycles. The third-order valence-electron chi connectivity index (χ3n) is 12.1. The van der Waals surface area contributed by atoms with Crippen LogP contribution in [0.4, 0.5) is 0 Å². The van der Waals surface area contributed by atoms with Gasteiger partial charge in [0.05, 0.1) is 44.7 Å². The zero-order valence-corrected chi connectivity index (χ0v) is 36.0. The maximum Gasteiger partial charge on any atom is 0.364 e. The Kier molecular flexibility index (Phi) is 19.1. The van der Waals surface area contributed by atoms with Crippen molar-refractivity contribution in [1.29, 1.82) is 0 Å². The maximum atomic E-state index is 13.1. The first kappa shape index (κ1) is 55.4. The molecule has 0 saturated carbocycles. The molecule has 388 valence electrons. The van der Waals surface area contributed by atoms with Crippen LogP contribution in [0.25, 0.3) is 0 Å². The molecular weight excluding hydrogens is 920 g/mol. The highest BCUT2D eigenvalue weighted by molar-refractivity contribution is 5.76. The Morgan fingerprint density at radius 2 is 1.13 bits per heavy atom. The summed E-state index contributed by atoms with van der Waals surface area (Å²) in [4.78, 5) is 38.0. The van der Waals surface area contributed by atoms with E-state index in [1.54, 1.807) is 0 Å². The second kappa shape index (κ2) is 23.1. The lowest BCUT2D eigenvalue weighted by atomic mass is 9.88. The molecular formula is C37H62N2O28. The van der Waals surface area contributed by atoms with E-state index in [9.17, 15) is 96.1 Å². The van der Waals surface area contributed by atoms with Crippen LogP contribution in [-0.4, -0.2) is 285 Å². The molecule has 0 aliphatic carbocycles. The number of ether oxygens (including phenoxy) is 9. The van der Waals surface area contributed by atoms with Crippen molar-refractivity contribution >= 4 is 17.8 Å². The summed E-state index contributed by atoms with van der Waals surface area (Å²) in [7, 11) is 0. The standard InChI is InChI=1S/C37H62N2O28/c1-9-19(48)23(52)24(53)34(59-9)63-27-16(8-43)62-33(65-30-21(50)14(6-41)60-32(56)25(30)54)18(39-11(3)45)29(27)64-35-26(55)31(22(51)15(7-42)61-35)67-37(36(57)58)4-12(46)17(38-10(2)44)28(66-37)20(49)13(47)5-40/h9,12-35,40-43,46-56H,4-8H2,1-3H3,(H,38,44)(H,39,45)(H,57,58)/t9-,12-,13+,14+,15+,16+,17+,18+,19+,20+,21+,22-,23+,24-,25+,26+,27+,28+,29+,30-,31-,32?,33-,34-,35-,37-/m0/s1. The summed E-state index contributed by atoms with van der Waals surface area (Å²) in [6.07, 6.45) is -46.8. The van der Waals surface area contributed by atoms with E-state index in [-0.39, 0.29) is 0 Å². The molecule has 0 aromatic heterocycles. The Morgan fingerprint density at radius 3 is 1.70 bits per heavy atom. The normalized spacial score (nSPS) is 47.1. The molecule has 2 amide bonds. The summed E-state index contributed by atoms with van der Waals surface area (Å²) in [5.41, 5.74) is 0. The molecule has 5 aliphatic heterocycles. The summed E-state index contributed by atoms with van der Waals surface area (Å²) in [5, 5.41) is 175. The van der Waals surface area contributed by atoms with Gasteiger partial charge in [-0.25, -0.2) is 4.79 Å². The van der Waals surface area contributed by atoms with Crippen molar-refractivity contribution in [3.8, 4) is 0 Å². The van der Waals surface area contributed by atoms with E-state index in [0.29, 0.717) is 0 Å². The highest BCUT2D eigenvalue weighted by atomic mass is 16.8. The molecule has 18 N–H and O–H groups in total. The molecule has 0 radical (unpaired) electrons. The van der Waals surface area contributed by atoms with E-state index in [4.69, 9.17) is 42.6 Å². The van der Waals surface area contributed by atoms with Crippen LogP contribution in [-0.2, 0) is 57.0 Å². The summed E-state index contributed by atoms with van der Waals surface area (Å²) >= 11 is 0. The number of carboxylic acids is 1. The highest BCUT2D eigenvalue weighted by Gasteiger charge is 2.61. The molecule has 5 aliphatic rings. The van der Waals surface area contributed by atoms with Gasteiger partial charge in [0.2, 0.25) is 11.8 Å². The molecule has 5 rings (SSSR count). The highest BCUT2D eigenvalue weighted by Crippen LogP contribution is 2.40. The van der Waals surface area contributed by atoms with Gasteiger partial charge in [0.25, 0.3) is 5.79 Å². The number of aliphatic hydroxyl groups is 15. The Labute approximate surface area is 379 Å². The number of hydrogen-bond donors (Lipinski definition) is 18. The summed E-state index contributed by atoms with van der Waals surface area (Å²) in [5.74, 6) is -7.03. The molecule has 5 heterocycles. The van der Waals surface area contributed by atoms with Crippen molar-refractivity contribution < 1.29 is 139 Å². The summed E-state index contributed by atoms with van der Waals surface area (Å²) in [6.45, 7) is -1.03. The molecule has 30 nitrogen and oxygen atoms in total. The maximum absolute atomic E-state index is 13.1. The SMILES string of the molecule is CC(=O)N[C@H]1[C@H](O[C@H]2[C@H](O)[C@@H](CO)OC(O)[C@@H]2O)O[C@H](CO)[C@@H](O[C@@H]2O[C@@H](C)[C@@H](O)[C@@H](O)[C@@H]2O)[C@@H]1O[C@@H]1O[C@H](CO)[C@H](O)[C@H](O[C@]2(C(=O)O)C[C@H](O)[C@@H](NC(C)=O)[C@H]([C@H](O)[C@H](O)CO)O2)[C@H]1O. The van der Waals surface area contributed by atoms with Gasteiger partial charge in [-0.2, -0.15) is 0 Å². The van der Waals surface area contributed by atoms with Crippen molar-refractivity contribution in [3.63, 3.8) is 0 Å². The third-order valence-corrected chi connectivity index (χ3v) is 12.1. The van der Waals surface area contributed by atoms with E-state index in [0.717, 1.165) is 13.8 Å². The lowest BCUT2D eigenvalue weighted by Gasteiger charge is -2.52. The van der Waals surface area contributed by atoms with Gasteiger partial charge in [0.1, 0.15) is 110 Å². The number of amides is 2. The Morgan fingerprint density at radius 1 is 0.612 bits per heavy atom. The van der Waals surface area contributed by atoms with Crippen molar-refractivity contribution in [2.75, 3.05) is 26.4 Å². The second-order valence-electron chi connectivity index (χ2n) is 16.8. The summed E-state index contributed by atoms with van der Waals surface area (Å²) in [6, 6.07) is -3.53. The predicted molar refractivity (Wildman–Crippen MR) is 206 cm³/mol. The van der Waals surface area contributed by atoms with Gasteiger partial charge < -0.3 is 135 Å². The Hall–Kier alpha value is -2.55. The number of aliphatic hydroxyl groups excluding tert-OH is 15. The van der Waals surface area contributed by atoms with Gasteiger partial charge in [-0.1, -0.05) is 0 Å². The molecule has 1 unspecified atom stereocenters. The van der Waals surface area contributed by atoms with Crippen LogP contribution in [0.2, 0.25) is 0 Å². The van der Waals surface area contributed by atoms with Crippen molar-refractivity contribution in [2.24, 2.45) is 0 Å². The number of hydrogen-bond acceptors (Lipinski definition) is 27. The fourth-order valence-electron chi connectivity index (χ4n) is 8.47. The van der Waals surface area contributed by atoms with Crippen LogP contribution in [0.15, 0.2) is 0 Å². The molecule has 5 fully saturated rings. The minimum Gasteiger partial charge on any atom is -0.477 e. The molecule has 0 bridgehead atoms. The average Bonchev–Trinajstić information content (AvgIpc) is 3.28. The van der Waals surface area contributed by atoms with Crippen LogP contribution in [0.5, 0.6) is 0 Å². The zero-order chi connectivity index (χ0) is 50.0. The Balaban J connectivity index is 1.57. The topological polar surface area (TPSA) is 482 Å². The van der Waals surface area contributed by atoms with Crippen molar-refractivity contribution in [1.82, 2.24) is 10.6 Å². The molecule has 67 heavy (non-hydrogen) atoms. The third kappa shape index (κ3) is 11.8. The van der Waals surface area contributed by atoms with Crippen molar-refractivity contribution in [2.45, 2.75) is 186 Å². The largest absolute Gasteiger partial charge is 0.477 e. The first-order valence-corrected chi connectivity index (χ1v) is 21.1. The van der Waals surface area contributed by atoms with E-state index in [1.807, 2.05) is 0 Å². The smallest absolute Gasteiger partial charge is 0.364 e. The molecule has 30 heteroatoms.